The van der Waals surface area contributed by atoms with Gasteiger partial charge in [0, 0.05) is 45.5 Å². The molecule has 84 valence electrons. The standard InChI is InChI=1S/C9H17N5S/c1-13-8-11-12-9(13)15-7-6-14-4-2-10-3-5-14/h8,10H,2-7H2,1H3. The quantitative estimate of drug-likeness (QED) is 0.723. The first-order chi connectivity index (χ1) is 7.36. The third kappa shape index (κ3) is 3.19. The summed E-state index contributed by atoms with van der Waals surface area (Å²) in [6.07, 6.45) is 1.74. The molecule has 0 atom stereocenters. The number of aryl methyl sites for hydroxylation is 1. The lowest BCUT2D eigenvalue weighted by Crippen LogP contribution is -2.44. The van der Waals surface area contributed by atoms with Gasteiger partial charge in [0.15, 0.2) is 5.16 Å². The molecule has 1 aliphatic rings. The summed E-state index contributed by atoms with van der Waals surface area (Å²) < 4.78 is 1.96. The Labute approximate surface area is 94.2 Å². The summed E-state index contributed by atoms with van der Waals surface area (Å²) in [5, 5.41) is 12.3. The molecule has 1 aromatic heterocycles. The predicted molar refractivity (Wildman–Crippen MR) is 61.0 cm³/mol. The lowest BCUT2D eigenvalue weighted by molar-refractivity contribution is 0.255. The normalized spacial score (nSPS) is 18.2. The topological polar surface area (TPSA) is 46.0 Å². The van der Waals surface area contributed by atoms with Crippen molar-refractivity contribution in [2.45, 2.75) is 5.16 Å². The molecule has 2 rings (SSSR count). The zero-order valence-electron chi connectivity index (χ0n) is 9.02. The molecule has 1 aliphatic heterocycles. The van der Waals surface area contributed by atoms with Gasteiger partial charge in [-0.2, -0.15) is 0 Å². The summed E-state index contributed by atoms with van der Waals surface area (Å²) in [6.45, 7) is 5.71. The lowest BCUT2D eigenvalue weighted by atomic mass is 10.4. The molecule has 0 bridgehead atoms. The average Bonchev–Trinajstić information content (AvgIpc) is 2.66. The van der Waals surface area contributed by atoms with Crippen LogP contribution in [0.1, 0.15) is 0 Å². The molecule has 15 heavy (non-hydrogen) atoms. The van der Waals surface area contributed by atoms with E-state index in [1.54, 1.807) is 18.1 Å². The van der Waals surface area contributed by atoms with Gasteiger partial charge in [-0.15, -0.1) is 10.2 Å². The van der Waals surface area contributed by atoms with Gasteiger partial charge in [0.1, 0.15) is 6.33 Å². The first kappa shape index (κ1) is 10.9. The number of piperazine rings is 1. The monoisotopic (exact) mass is 227 g/mol. The fourth-order valence-corrected chi connectivity index (χ4v) is 2.49. The maximum Gasteiger partial charge on any atom is 0.190 e. The van der Waals surface area contributed by atoms with E-state index >= 15 is 0 Å². The second kappa shape index (κ2) is 5.48. The number of thioether (sulfide) groups is 1. The van der Waals surface area contributed by atoms with Gasteiger partial charge in [-0.1, -0.05) is 11.8 Å². The molecule has 0 spiro atoms. The molecule has 6 heteroatoms. The van der Waals surface area contributed by atoms with Gasteiger partial charge >= 0.3 is 0 Å². The number of nitrogens with one attached hydrogen (secondary N) is 1. The Balaban J connectivity index is 1.68. The van der Waals surface area contributed by atoms with Crippen LogP contribution in [0.3, 0.4) is 0 Å². The molecular formula is C9H17N5S. The van der Waals surface area contributed by atoms with Crippen molar-refractivity contribution >= 4 is 11.8 Å². The number of hydrogen-bond acceptors (Lipinski definition) is 5. The fourth-order valence-electron chi connectivity index (χ4n) is 1.60. The first-order valence-corrected chi connectivity index (χ1v) is 6.25. The zero-order valence-corrected chi connectivity index (χ0v) is 9.83. The van der Waals surface area contributed by atoms with Crippen molar-refractivity contribution in [1.29, 1.82) is 0 Å². The molecule has 0 unspecified atom stereocenters. The molecule has 0 radical (unpaired) electrons. The Morgan fingerprint density at radius 1 is 1.47 bits per heavy atom. The predicted octanol–water partition coefficient (Wildman–Crippen LogP) is -0.188. The highest BCUT2D eigenvalue weighted by molar-refractivity contribution is 7.99. The number of rotatable bonds is 4. The van der Waals surface area contributed by atoms with Crippen LogP contribution in [0.4, 0.5) is 0 Å². The largest absolute Gasteiger partial charge is 0.314 e. The highest BCUT2D eigenvalue weighted by Gasteiger charge is 2.09. The molecule has 0 amide bonds. The van der Waals surface area contributed by atoms with E-state index in [2.05, 4.69) is 20.4 Å². The van der Waals surface area contributed by atoms with Crippen LogP contribution >= 0.6 is 11.8 Å². The van der Waals surface area contributed by atoms with Crippen molar-refractivity contribution in [3.8, 4) is 0 Å². The van der Waals surface area contributed by atoms with Crippen LogP contribution < -0.4 is 5.32 Å². The molecule has 0 aliphatic carbocycles. The van der Waals surface area contributed by atoms with Crippen LogP contribution in [0.2, 0.25) is 0 Å². The minimum Gasteiger partial charge on any atom is -0.314 e. The Kier molecular flexibility index (Phi) is 3.99. The third-order valence-corrected chi connectivity index (χ3v) is 3.53. The Morgan fingerprint density at radius 2 is 2.27 bits per heavy atom. The highest BCUT2D eigenvalue weighted by Crippen LogP contribution is 2.13. The highest BCUT2D eigenvalue weighted by atomic mass is 32.2. The number of aromatic nitrogens is 3. The Bertz CT molecular complexity index is 294. The molecule has 5 nitrogen and oxygen atoms in total. The summed E-state index contributed by atoms with van der Waals surface area (Å²) >= 11 is 1.77. The van der Waals surface area contributed by atoms with Gasteiger partial charge in [0.05, 0.1) is 0 Å². The third-order valence-electron chi connectivity index (χ3n) is 2.52. The molecule has 1 fully saturated rings. The zero-order chi connectivity index (χ0) is 10.5. The maximum absolute atomic E-state index is 4.04. The Morgan fingerprint density at radius 3 is 2.93 bits per heavy atom. The van der Waals surface area contributed by atoms with E-state index in [9.17, 15) is 0 Å². The second-order valence-electron chi connectivity index (χ2n) is 3.66. The Hall–Kier alpha value is -0.590. The van der Waals surface area contributed by atoms with E-state index in [4.69, 9.17) is 0 Å². The van der Waals surface area contributed by atoms with Crippen LogP contribution in [0, 0.1) is 0 Å². The van der Waals surface area contributed by atoms with Crippen LogP contribution in [-0.4, -0.2) is 58.1 Å². The second-order valence-corrected chi connectivity index (χ2v) is 4.73. The maximum atomic E-state index is 4.04. The van der Waals surface area contributed by atoms with E-state index in [1.807, 2.05) is 11.6 Å². The molecule has 1 saturated heterocycles. The van der Waals surface area contributed by atoms with Gasteiger partial charge in [-0.25, -0.2) is 0 Å². The minimum atomic E-state index is 1.00. The summed E-state index contributed by atoms with van der Waals surface area (Å²) in [7, 11) is 1.98. The van der Waals surface area contributed by atoms with Gasteiger partial charge in [-0.3, -0.25) is 4.90 Å². The smallest absolute Gasteiger partial charge is 0.190 e. The van der Waals surface area contributed by atoms with Crippen molar-refractivity contribution in [1.82, 2.24) is 25.0 Å². The van der Waals surface area contributed by atoms with E-state index in [1.165, 1.54) is 13.1 Å². The van der Waals surface area contributed by atoms with Crippen LogP contribution in [0.5, 0.6) is 0 Å². The fraction of sp³-hybridized carbons (Fsp3) is 0.778. The average molecular weight is 227 g/mol. The summed E-state index contributed by atoms with van der Waals surface area (Å²) in [4.78, 5) is 2.49. The molecule has 0 aromatic carbocycles. The summed E-state index contributed by atoms with van der Waals surface area (Å²) in [6, 6.07) is 0. The summed E-state index contributed by atoms with van der Waals surface area (Å²) in [5.74, 6) is 1.09. The lowest BCUT2D eigenvalue weighted by Gasteiger charge is -2.26. The van der Waals surface area contributed by atoms with Gasteiger partial charge in [0.25, 0.3) is 0 Å². The van der Waals surface area contributed by atoms with Crippen LogP contribution in [0.15, 0.2) is 11.5 Å². The molecular weight excluding hydrogens is 210 g/mol. The summed E-state index contributed by atoms with van der Waals surface area (Å²) in [5.41, 5.74) is 0. The van der Waals surface area contributed by atoms with Crippen LogP contribution in [0.25, 0.3) is 0 Å². The van der Waals surface area contributed by atoms with Gasteiger partial charge in [0.2, 0.25) is 0 Å². The number of nitrogens with zero attached hydrogens (tertiary/aromatic N) is 4. The van der Waals surface area contributed by atoms with Crippen LogP contribution in [-0.2, 0) is 7.05 Å². The van der Waals surface area contributed by atoms with E-state index in [-0.39, 0.29) is 0 Å². The first-order valence-electron chi connectivity index (χ1n) is 5.26. The van der Waals surface area contributed by atoms with Crippen molar-refractivity contribution in [2.75, 3.05) is 38.5 Å². The van der Waals surface area contributed by atoms with Gasteiger partial charge < -0.3 is 9.88 Å². The van der Waals surface area contributed by atoms with Crippen molar-refractivity contribution < 1.29 is 0 Å². The van der Waals surface area contributed by atoms with E-state index in [0.717, 1.165) is 30.5 Å². The number of hydrogen-bond donors (Lipinski definition) is 1. The molecule has 2 heterocycles. The molecule has 0 saturated carbocycles. The minimum absolute atomic E-state index is 1.00. The van der Waals surface area contributed by atoms with Crippen molar-refractivity contribution in [3.05, 3.63) is 6.33 Å². The van der Waals surface area contributed by atoms with Gasteiger partial charge in [-0.05, 0) is 0 Å². The van der Waals surface area contributed by atoms with Crippen molar-refractivity contribution in [3.63, 3.8) is 0 Å². The van der Waals surface area contributed by atoms with E-state index in [0.29, 0.717) is 0 Å². The molecule has 1 N–H and O–H groups in total. The van der Waals surface area contributed by atoms with E-state index < -0.39 is 0 Å². The molecule has 1 aromatic rings. The van der Waals surface area contributed by atoms with Crippen molar-refractivity contribution in [2.24, 2.45) is 7.05 Å². The SMILES string of the molecule is Cn1cnnc1SCCN1CCNCC1.